The van der Waals surface area contributed by atoms with Gasteiger partial charge in [0, 0.05) is 18.5 Å². The molecule has 31 heavy (non-hydrogen) atoms. The first-order chi connectivity index (χ1) is 14.9. The lowest BCUT2D eigenvalue weighted by Gasteiger charge is -2.12. The first-order valence-corrected chi connectivity index (χ1v) is 10.6. The van der Waals surface area contributed by atoms with Crippen molar-refractivity contribution >= 4 is 26.8 Å². The van der Waals surface area contributed by atoms with Crippen LogP contribution in [0.3, 0.4) is 0 Å². The molecule has 0 aliphatic rings. The van der Waals surface area contributed by atoms with Crippen LogP contribution < -0.4 is 18.9 Å². The van der Waals surface area contributed by atoms with Gasteiger partial charge in [-0.15, -0.1) is 0 Å². The van der Waals surface area contributed by atoms with E-state index in [4.69, 9.17) is 18.7 Å². The smallest absolute Gasteiger partial charge is 0.266 e. The van der Waals surface area contributed by atoms with Crippen molar-refractivity contribution in [1.82, 2.24) is 14.9 Å². The van der Waals surface area contributed by atoms with E-state index < -0.39 is 10.0 Å². The van der Waals surface area contributed by atoms with Gasteiger partial charge < -0.3 is 18.7 Å². The quantitative estimate of drug-likeness (QED) is 0.441. The van der Waals surface area contributed by atoms with E-state index in [1.165, 1.54) is 33.5 Å². The highest BCUT2D eigenvalue weighted by Gasteiger charge is 2.25. The molecule has 0 saturated carbocycles. The van der Waals surface area contributed by atoms with E-state index in [1.807, 2.05) is 12.3 Å². The Morgan fingerprint density at radius 2 is 1.87 bits per heavy atom. The van der Waals surface area contributed by atoms with Gasteiger partial charge in [-0.25, -0.2) is 8.42 Å². The van der Waals surface area contributed by atoms with Crippen LogP contribution in [0.1, 0.15) is 5.56 Å². The number of nitrogens with zero attached hydrogens (tertiary/aromatic N) is 3. The van der Waals surface area contributed by atoms with Crippen LogP contribution in [0.25, 0.3) is 11.0 Å². The molecular formula is C20H20N4O6S. The number of hydrogen-bond donors (Lipinski definition) is 1. The summed E-state index contributed by atoms with van der Waals surface area (Å²) in [6.07, 6.45) is 3.52. The molecule has 0 radical (unpaired) electrons. The SMILES string of the molecule is COc1ccc(OC)c(S(=O)(=O)Nc2noc3cc(Cn4cccn4)cc(OC)c23)c1. The number of fused-ring (bicyclic) bond motifs is 1. The predicted molar refractivity (Wildman–Crippen MR) is 112 cm³/mol. The molecule has 0 fully saturated rings. The number of aromatic nitrogens is 3. The van der Waals surface area contributed by atoms with Gasteiger partial charge >= 0.3 is 0 Å². The van der Waals surface area contributed by atoms with Crippen LogP contribution in [0.5, 0.6) is 17.2 Å². The molecular weight excluding hydrogens is 424 g/mol. The Morgan fingerprint density at radius 3 is 2.55 bits per heavy atom. The van der Waals surface area contributed by atoms with Gasteiger partial charge in [-0.3, -0.25) is 9.40 Å². The molecule has 11 heteroatoms. The normalized spacial score (nSPS) is 11.5. The van der Waals surface area contributed by atoms with Crippen molar-refractivity contribution in [3.8, 4) is 17.2 Å². The summed E-state index contributed by atoms with van der Waals surface area (Å²) < 4.78 is 51.6. The van der Waals surface area contributed by atoms with Crippen LogP contribution in [0.2, 0.25) is 0 Å². The molecule has 0 saturated heterocycles. The zero-order chi connectivity index (χ0) is 22.0. The Morgan fingerprint density at radius 1 is 1.06 bits per heavy atom. The summed E-state index contributed by atoms with van der Waals surface area (Å²) >= 11 is 0. The standard InChI is InChI=1S/C20H20N4O6S/c1-27-14-5-6-15(28-2)18(11-14)31(25,26)23-20-19-16(29-3)9-13(10-17(19)30-22-20)12-24-8-4-7-21-24/h4-11H,12H2,1-3H3,(H,22,23). The van der Waals surface area contributed by atoms with Crippen LogP contribution in [-0.4, -0.2) is 44.7 Å². The molecule has 0 aliphatic carbocycles. The second kappa shape index (κ2) is 8.19. The van der Waals surface area contributed by atoms with Gasteiger partial charge in [-0.1, -0.05) is 5.16 Å². The van der Waals surface area contributed by atoms with Crippen LogP contribution in [0, 0.1) is 0 Å². The Kier molecular flexibility index (Phi) is 5.42. The van der Waals surface area contributed by atoms with Crippen molar-refractivity contribution in [3.63, 3.8) is 0 Å². The van der Waals surface area contributed by atoms with Crippen molar-refractivity contribution in [2.45, 2.75) is 11.4 Å². The highest BCUT2D eigenvalue weighted by atomic mass is 32.2. The molecule has 0 unspecified atom stereocenters. The summed E-state index contributed by atoms with van der Waals surface area (Å²) in [7, 11) is 0.248. The summed E-state index contributed by atoms with van der Waals surface area (Å²) in [5.74, 6) is 0.945. The van der Waals surface area contributed by atoms with E-state index in [1.54, 1.807) is 29.1 Å². The Labute approximate surface area is 178 Å². The molecule has 4 aromatic rings. The van der Waals surface area contributed by atoms with E-state index >= 15 is 0 Å². The summed E-state index contributed by atoms with van der Waals surface area (Å²) in [5.41, 5.74) is 1.23. The number of rotatable bonds is 8. The molecule has 0 bridgehead atoms. The average molecular weight is 444 g/mol. The zero-order valence-corrected chi connectivity index (χ0v) is 17.8. The van der Waals surface area contributed by atoms with E-state index in [-0.39, 0.29) is 16.5 Å². The van der Waals surface area contributed by atoms with Gasteiger partial charge in [0.1, 0.15) is 27.5 Å². The minimum absolute atomic E-state index is 0.00219. The van der Waals surface area contributed by atoms with Crippen molar-refractivity contribution in [2.75, 3.05) is 26.1 Å². The number of benzene rings is 2. The summed E-state index contributed by atoms with van der Waals surface area (Å²) in [6.45, 7) is 0.488. The lowest BCUT2D eigenvalue weighted by molar-refractivity contribution is 0.392. The number of nitrogens with one attached hydrogen (secondary N) is 1. The monoisotopic (exact) mass is 444 g/mol. The number of ether oxygens (including phenoxy) is 3. The first kappa shape index (κ1) is 20.5. The van der Waals surface area contributed by atoms with Crippen LogP contribution in [-0.2, 0) is 16.6 Å². The third-order valence-electron chi connectivity index (χ3n) is 4.61. The molecule has 162 valence electrons. The maximum absolute atomic E-state index is 13.1. The number of anilines is 1. The van der Waals surface area contributed by atoms with Crippen molar-refractivity contribution in [2.24, 2.45) is 0 Å². The third kappa shape index (κ3) is 3.99. The lowest BCUT2D eigenvalue weighted by atomic mass is 10.1. The van der Waals surface area contributed by atoms with Gasteiger partial charge in [0.15, 0.2) is 11.4 Å². The van der Waals surface area contributed by atoms with Crippen molar-refractivity contribution in [1.29, 1.82) is 0 Å². The molecule has 10 nitrogen and oxygen atoms in total. The average Bonchev–Trinajstić information content (AvgIpc) is 3.42. The molecule has 2 aromatic carbocycles. The summed E-state index contributed by atoms with van der Waals surface area (Å²) in [6, 6.07) is 9.85. The van der Waals surface area contributed by atoms with E-state index in [0.717, 1.165) is 5.56 Å². The fourth-order valence-electron chi connectivity index (χ4n) is 3.17. The second-order valence-corrected chi connectivity index (χ2v) is 8.18. The highest BCUT2D eigenvalue weighted by Crippen LogP contribution is 2.36. The zero-order valence-electron chi connectivity index (χ0n) is 17.0. The minimum atomic E-state index is -4.07. The maximum Gasteiger partial charge on any atom is 0.266 e. The molecule has 1 N–H and O–H groups in total. The molecule has 0 spiro atoms. The number of methoxy groups -OCH3 is 3. The number of hydrogen-bond acceptors (Lipinski definition) is 8. The highest BCUT2D eigenvalue weighted by molar-refractivity contribution is 7.92. The van der Waals surface area contributed by atoms with Crippen molar-refractivity contribution in [3.05, 3.63) is 54.4 Å². The maximum atomic E-state index is 13.1. The first-order valence-electron chi connectivity index (χ1n) is 9.13. The molecule has 0 atom stereocenters. The topological polar surface area (TPSA) is 118 Å². The largest absolute Gasteiger partial charge is 0.497 e. The Hall–Kier alpha value is -3.73. The van der Waals surface area contributed by atoms with E-state index in [2.05, 4.69) is 15.0 Å². The van der Waals surface area contributed by atoms with Crippen LogP contribution >= 0.6 is 0 Å². The van der Waals surface area contributed by atoms with Crippen molar-refractivity contribution < 1.29 is 27.2 Å². The van der Waals surface area contributed by atoms with Crippen LogP contribution in [0.4, 0.5) is 5.82 Å². The molecule has 0 amide bonds. The molecule has 2 aromatic heterocycles. The van der Waals surface area contributed by atoms with E-state index in [0.29, 0.717) is 29.0 Å². The third-order valence-corrected chi connectivity index (χ3v) is 5.97. The summed E-state index contributed by atoms with van der Waals surface area (Å²) in [4.78, 5) is -0.0974. The molecule has 0 aliphatic heterocycles. The Bertz CT molecular complexity index is 1320. The fraction of sp³-hybridized carbons (Fsp3) is 0.200. The molecule has 4 rings (SSSR count). The second-order valence-electron chi connectivity index (χ2n) is 6.53. The van der Waals surface area contributed by atoms with Crippen LogP contribution in [0.15, 0.2) is 58.2 Å². The van der Waals surface area contributed by atoms with Gasteiger partial charge in [0.25, 0.3) is 10.0 Å². The fourth-order valence-corrected chi connectivity index (χ4v) is 4.36. The van der Waals surface area contributed by atoms with Gasteiger partial charge in [-0.2, -0.15) is 5.10 Å². The van der Waals surface area contributed by atoms with E-state index in [9.17, 15) is 8.42 Å². The van der Waals surface area contributed by atoms with Gasteiger partial charge in [-0.05, 0) is 35.9 Å². The Balaban J connectivity index is 1.73. The number of sulfonamides is 1. The van der Waals surface area contributed by atoms with Gasteiger partial charge in [0.05, 0.1) is 27.9 Å². The minimum Gasteiger partial charge on any atom is -0.497 e. The molecule has 2 heterocycles. The van der Waals surface area contributed by atoms with Gasteiger partial charge in [0.2, 0.25) is 0 Å². The summed E-state index contributed by atoms with van der Waals surface area (Å²) in [5, 5.41) is 8.49. The predicted octanol–water partition coefficient (Wildman–Crippen LogP) is 2.90. The lowest BCUT2D eigenvalue weighted by Crippen LogP contribution is -2.14.